The van der Waals surface area contributed by atoms with Crippen LogP contribution >= 0.6 is 0 Å². The Morgan fingerprint density at radius 3 is 2.60 bits per heavy atom. The molecule has 7 nitrogen and oxygen atoms in total. The normalized spacial score (nSPS) is 11.2. The summed E-state index contributed by atoms with van der Waals surface area (Å²) in [6.45, 7) is 6.26. The van der Waals surface area contributed by atoms with Crippen molar-refractivity contribution in [3.63, 3.8) is 0 Å². The number of anilines is 1. The number of benzene rings is 1. The molecule has 0 saturated carbocycles. The minimum atomic E-state index is -0.234. The second-order valence-corrected chi connectivity index (χ2v) is 6.02. The molecule has 0 saturated heterocycles. The summed E-state index contributed by atoms with van der Waals surface area (Å²) in [4.78, 5) is 20.0. The fourth-order valence-electron chi connectivity index (χ4n) is 2.72. The number of rotatable bonds is 5. The number of nitrogen functional groups attached to an aromatic ring is 1. The molecule has 2 heterocycles. The summed E-state index contributed by atoms with van der Waals surface area (Å²) in [6.07, 6.45) is 1.70. The fraction of sp³-hybridized carbons (Fsp3) is 0.333. The molecule has 0 atom stereocenters. The van der Waals surface area contributed by atoms with E-state index in [0.29, 0.717) is 18.1 Å². The lowest BCUT2D eigenvalue weighted by molar-refractivity contribution is -0.142. The topological polar surface area (TPSA) is 95.9 Å². The molecule has 0 spiro atoms. The zero-order valence-corrected chi connectivity index (χ0v) is 14.6. The van der Waals surface area contributed by atoms with E-state index in [9.17, 15) is 4.79 Å². The third-order valence-electron chi connectivity index (χ3n) is 3.89. The average Bonchev–Trinajstić information content (AvgIpc) is 2.97. The molecule has 0 bridgehead atoms. The van der Waals surface area contributed by atoms with Gasteiger partial charge in [-0.15, -0.1) is 0 Å². The van der Waals surface area contributed by atoms with Crippen molar-refractivity contribution in [3.8, 4) is 11.3 Å². The van der Waals surface area contributed by atoms with Gasteiger partial charge in [0, 0.05) is 11.6 Å². The van der Waals surface area contributed by atoms with Crippen LogP contribution in [0.5, 0.6) is 0 Å². The lowest BCUT2D eigenvalue weighted by atomic mass is 10.1. The molecule has 0 aliphatic heterocycles. The summed E-state index contributed by atoms with van der Waals surface area (Å²) >= 11 is 0. The van der Waals surface area contributed by atoms with Gasteiger partial charge in [0.2, 0.25) is 0 Å². The molecule has 2 aromatic heterocycles. The van der Waals surface area contributed by atoms with E-state index in [2.05, 4.69) is 15.1 Å². The van der Waals surface area contributed by atoms with Crippen molar-refractivity contribution in [1.82, 2.24) is 19.7 Å². The highest BCUT2D eigenvalue weighted by atomic mass is 16.5. The molecular weight excluding hydrogens is 318 g/mol. The number of nitrogens with two attached hydrogens (primary N) is 1. The van der Waals surface area contributed by atoms with Crippen LogP contribution in [-0.2, 0) is 16.0 Å². The Morgan fingerprint density at radius 1 is 1.24 bits per heavy atom. The molecule has 0 amide bonds. The van der Waals surface area contributed by atoms with Crippen LogP contribution in [0.25, 0.3) is 22.3 Å². The Labute approximate surface area is 145 Å². The van der Waals surface area contributed by atoms with Crippen LogP contribution in [-0.4, -0.2) is 32.3 Å². The highest BCUT2D eigenvalue weighted by molar-refractivity contribution is 5.98. The van der Waals surface area contributed by atoms with Crippen molar-refractivity contribution in [1.29, 1.82) is 0 Å². The summed E-state index contributed by atoms with van der Waals surface area (Å²) in [5.41, 5.74) is 9.32. The van der Waals surface area contributed by atoms with E-state index in [1.807, 2.05) is 42.8 Å². The molecule has 7 heteroatoms. The van der Waals surface area contributed by atoms with Crippen LogP contribution < -0.4 is 5.73 Å². The molecule has 0 radical (unpaired) electrons. The zero-order chi connectivity index (χ0) is 18.0. The second kappa shape index (κ2) is 6.88. The number of fused-ring (bicyclic) bond motifs is 1. The van der Waals surface area contributed by atoms with Crippen LogP contribution in [0.15, 0.2) is 30.6 Å². The average molecular weight is 339 g/mol. The number of hydrogen-bond donors (Lipinski definition) is 1. The van der Waals surface area contributed by atoms with Crippen LogP contribution in [0.4, 0.5) is 5.82 Å². The lowest BCUT2D eigenvalue weighted by Gasteiger charge is -2.05. The summed E-state index contributed by atoms with van der Waals surface area (Å²) in [5.74, 6) is 0.171. The monoisotopic (exact) mass is 339 g/mol. The minimum Gasteiger partial charge on any atom is -0.466 e. The van der Waals surface area contributed by atoms with Gasteiger partial charge in [-0.3, -0.25) is 4.79 Å². The van der Waals surface area contributed by atoms with Gasteiger partial charge in [0.15, 0.2) is 5.65 Å². The number of esters is 1. The summed E-state index contributed by atoms with van der Waals surface area (Å²) < 4.78 is 6.82. The minimum absolute atomic E-state index is 0.147. The van der Waals surface area contributed by atoms with Gasteiger partial charge in [-0.25, -0.2) is 14.6 Å². The van der Waals surface area contributed by atoms with Crippen molar-refractivity contribution in [3.05, 3.63) is 36.2 Å². The van der Waals surface area contributed by atoms with Gasteiger partial charge < -0.3 is 10.5 Å². The Kier molecular flexibility index (Phi) is 4.65. The first-order valence-corrected chi connectivity index (χ1v) is 8.24. The first kappa shape index (κ1) is 16.9. The molecule has 3 rings (SSSR count). The van der Waals surface area contributed by atoms with E-state index in [0.717, 1.165) is 22.2 Å². The van der Waals surface area contributed by atoms with Crippen LogP contribution in [0.1, 0.15) is 32.4 Å². The van der Waals surface area contributed by atoms with Crippen molar-refractivity contribution in [2.75, 3.05) is 12.3 Å². The number of carbonyl (C=O) groups is 1. The lowest BCUT2D eigenvalue weighted by Crippen LogP contribution is -2.07. The molecule has 25 heavy (non-hydrogen) atoms. The molecule has 0 aliphatic rings. The Balaban J connectivity index is 2.01. The van der Waals surface area contributed by atoms with Crippen molar-refractivity contribution < 1.29 is 9.53 Å². The highest BCUT2D eigenvalue weighted by Gasteiger charge is 2.18. The van der Waals surface area contributed by atoms with Crippen LogP contribution in [0.3, 0.4) is 0 Å². The van der Waals surface area contributed by atoms with Gasteiger partial charge in [0.05, 0.1) is 18.4 Å². The van der Waals surface area contributed by atoms with Gasteiger partial charge in [0.25, 0.3) is 0 Å². The molecule has 0 unspecified atom stereocenters. The van der Waals surface area contributed by atoms with Crippen LogP contribution in [0, 0.1) is 0 Å². The largest absolute Gasteiger partial charge is 0.466 e. The van der Waals surface area contributed by atoms with Crippen molar-refractivity contribution >= 4 is 22.8 Å². The molecular formula is C18H21N5O2. The maximum absolute atomic E-state index is 11.6. The van der Waals surface area contributed by atoms with E-state index in [-0.39, 0.29) is 18.4 Å². The molecule has 2 N–H and O–H groups in total. The molecule has 0 fully saturated rings. The van der Waals surface area contributed by atoms with Gasteiger partial charge in [0.1, 0.15) is 17.8 Å². The Hall–Kier alpha value is -2.96. The summed E-state index contributed by atoms with van der Waals surface area (Å²) in [7, 11) is 0. The predicted molar refractivity (Wildman–Crippen MR) is 95.9 cm³/mol. The maximum Gasteiger partial charge on any atom is 0.310 e. The van der Waals surface area contributed by atoms with Crippen molar-refractivity contribution in [2.45, 2.75) is 33.2 Å². The zero-order valence-electron chi connectivity index (χ0n) is 14.6. The third kappa shape index (κ3) is 3.31. The van der Waals surface area contributed by atoms with E-state index < -0.39 is 0 Å². The van der Waals surface area contributed by atoms with Crippen molar-refractivity contribution in [2.24, 2.45) is 0 Å². The second-order valence-electron chi connectivity index (χ2n) is 6.02. The van der Waals surface area contributed by atoms with E-state index in [4.69, 9.17) is 10.5 Å². The Bertz CT molecular complexity index is 900. The van der Waals surface area contributed by atoms with E-state index >= 15 is 0 Å². The fourth-order valence-corrected chi connectivity index (χ4v) is 2.72. The maximum atomic E-state index is 11.6. The smallest absolute Gasteiger partial charge is 0.310 e. The third-order valence-corrected chi connectivity index (χ3v) is 3.89. The Morgan fingerprint density at radius 2 is 1.96 bits per heavy atom. The first-order valence-electron chi connectivity index (χ1n) is 8.24. The quantitative estimate of drug-likeness (QED) is 0.718. The standard InChI is InChI=1S/C18H21N5O2/c1-4-25-14(24)9-12-5-7-13(8-6-12)16-15-17(19)20-10-21-18(15)23(22-16)11(2)3/h5-8,10-11H,4,9H2,1-3H3,(H2,19,20,21). The van der Waals surface area contributed by atoms with E-state index in [1.54, 1.807) is 6.92 Å². The summed E-state index contributed by atoms with van der Waals surface area (Å²) in [5, 5.41) is 5.43. The van der Waals surface area contributed by atoms with Crippen LogP contribution in [0.2, 0.25) is 0 Å². The first-order chi connectivity index (χ1) is 12.0. The number of hydrogen-bond acceptors (Lipinski definition) is 6. The van der Waals surface area contributed by atoms with E-state index in [1.165, 1.54) is 6.33 Å². The molecule has 130 valence electrons. The molecule has 3 aromatic rings. The van der Waals surface area contributed by atoms with Gasteiger partial charge in [-0.2, -0.15) is 5.10 Å². The number of ether oxygens (including phenoxy) is 1. The number of carbonyl (C=O) groups excluding carboxylic acids is 1. The number of aromatic nitrogens is 4. The van der Waals surface area contributed by atoms with Gasteiger partial charge >= 0.3 is 5.97 Å². The van der Waals surface area contributed by atoms with Gasteiger partial charge in [-0.05, 0) is 26.3 Å². The molecule has 0 aliphatic carbocycles. The van der Waals surface area contributed by atoms with Gasteiger partial charge in [-0.1, -0.05) is 24.3 Å². The highest BCUT2D eigenvalue weighted by Crippen LogP contribution is 2.31. The number of nitrogens with zero attached hydrogens (tertiary/aromatic N) is 4. The molecule has 1 aromatic carbocycles. The SMILES string of the molecule is CCOC(=O)Cc1ccc(-c2nn(C(C)C)c3ncnc(N)c23)cc1. The predicted octanol–water partition coefficient (Wildman–Crippen LogP) is 2.76. The summed E-state index contributed by atoms with van der Waals surface area (Å²) in [6, 6.07) is 7.79.